The summed E-state index contributed by atoms with van der Waals surface area (Å²) < 4.78 is 54.7. The Kier molecular flexibility index (Phi) is 5.83. The second kappa shape index (κ2) is 6.64. The van der Waals surface area contributed by atoms with E-state index in [0.29, 0.717) is 5.56 Å². The summed E-state index contributed by atoms with van der Waals surface area (Å²) in [5.41, 5.74) is 0.618. The molecule has 0 aliphatic carbocycles. The summed E-state index contributed by atoms with van der Waals surface area (Å²) in [5.74, 6) is -0.461. The van der Waals surface area contributed by atoms with Gasteiger partial charge in [-0.05, 0) is 45.4 Å². The molecule has 2 atom stereocenters. The lowest BCUT2D eigenvalue weighted by Gasteiger charge is -2.26. The molecular formula is C13H17ClF3NO2S. The highest BCUT2D eigenvalue weighted by molar-refractivity contribution is 7.90. The molecule has 1 N–H and O–H groups in total. The molecule has 0 spiro atoms. The molecule has 0 bridgehead atoms. The van der Waals surface area contributed by atoms with Gasteiger partial charge in [0, 0.05) is 11.4 Å². The molecule has 1 aromatic rings. The van der Waals surface area contributed by atoms with Crippen LogP contribution in [0, 0.1) is 0 Å². The standard InChI is InChI=1S/C13H17ClF3NO2S/c1-8(18-21(19)12(2,3)4)9-5-6-11(10(14)7-9)20-13(15,16)17/h5-8,18H,1-4H3/t8-,21-/m1/s1. The Morgan fingerprint density at radius 3 is 2.29 bits per heavy atom. The minimum atomic E-state index is -4.79. The monoisotopic (exact) mass is 343 g/mol. The topological polar surface area (TPSA) is 44.3 Å². The highest BCUT2D eigenvalue weighted by Crippen LogP contribution is 2.32. The van der Waals surface area contributed by atoms with Gasteiger partial charge in [-0.1, -0.05) is 17.7 Å². The Balaban J connectivity index is 2.84. The van der Waals surface area contributed by atoms with E-state index in [1.54, 1.807) is 6.92 Å². The van der Waals surface area contributed by atoms with Crippen molar-refractivity contribution >= 4 is 23.0 Å². The van der Waals surface area contributed by atoms with Gasteiger partial charge in [-0.3, -0.25) is 0 Å². The van der Waals surface area contributed by atoms with Gasteiger partial charge in [0.25, 0.3) is 0 Å². The van der Waals surface area contributed by atoms with Crippen LogP contribution in [0.5, 0.6) is 5.75 Å². The average molecular weight is 344 g/mol. The number of rotatable bonds is 4. The van der Waals surface area contributed by atoms with Crippen molar-refractivity contribution in [2.45, 2.75) is 44.8 Å². The van der Waals surface area contributed by atoms with Gasteiger partial charge < -0.3 is 9.29 Å². The lowest BCUT2D eigenvalue weighted by Crippen LogP contribution is -2.40. The van der Waals surface area contributed by atoms with Crippen LogP contribution >= 0.6 is 11.6 Å². The van der Waals surface area contributed by atoms with Crippen LogP contribution in [0.25, 0.3) is 0 Å². The fraction of sp³-hybridized carbons (Fsp3) is 0.538. The Bertz CT molecular complexity index is 491. The maximum absolute atomic E-state index is 12.2. The first-order chi connectivity index (χ1) is 9.40. The number of benzene rings is 1. The van der Waals surface area contributed by atoms with Crippen LogP contribution in [-0.2, 0) is 11.4 Å². The van der Waals surface area contributed by atoms with Crippen LogP contribution in [0.1, 0.15) is 39.3 Å². The molecule has 0 saturated heterocycles. The number of halogens is 4. The molecule has 120 valence electrons. The first kappa shape index (κ1) is 18.4. The molecule has 0 aliphatic heterocycles. The number of alkyl halides is 3. The van der Waals surface area contributed by atoms with Crippen molar-refractivity contribution < 1.29 is 22.5 Å². The third-order valence-corrected chi connectivity index (χ3v) is 4.50. The van der Waals surface area contributed by atoms with E-state index in [-0.39, 0.29) is 11.1 Å². The van der Waals surface area contributed by atoms with E-state index in [1.165, 1.54) is 12.1 Å². The van der Waals surface area contributed by atoms with Crippen LogP contribution in [-0.4, -0.2) is 15.7 Å². The van der Waals surface area contributed by atoms with E-state index >= 15 is 0 Å². The van der Waals surface area contributed by atoms with E-state index in [4.69, 9.17) is 11.6 Å². The Labute approximate surface area is 130 Å². The van der Waals surface area contributed by atoms with E-state index in [0.717, 1.165) is 6.07 Å². The summed E-state index contributed by atoms with van der Waals surface area (Å²) in [6.45, 7) is 7.20. The minimum absolute atomic E-state index is 0.153. The first-order valence-corrected chi connectivity index (χ1v) is 7.66. The summed E-state index contributed by atoms with van der Waals surface area (Å²) in [7, 11) is 0. The van der Waals surface area contributed by atoms with Crippen molar-refractivity contribution in [3.8, 4) is 5.75 Å². The van der Waals surface area contributed by atoms with Gasteiger partial charge in [0.1, 0.15) is 10.5 Å². The highest BCUT2D eigenvalue weighted by Gasteiger charge is 2.32. The van der Waals surface area contributed by atoms with E-state index in [2.05, 4.69) is 9.46 Å². The summed E-state index contributed by atoms with van der Waals surface area (Å²) in [4.78, 5) is 0. The van der Waals surface area contributed by atoms with Crippen molar-refractivity contribution in [1.29, 1.82) is 0 Å². The van der Waals surface area contributed by atoms with Crippen LogP contribution in [0.2, 0.25) is 5.02 Å². The molecule has 0 unspecified atom stereocenters. The molecule has 0 amide bonds. The normalized spacial score (nSPS) is 15.7. The average Bonchev–Trinajstić information content (AvgIpc) is 2.28. The van der Waals surface area contributed by atoms with Crippen LogP contribution in [0.15, 0.2) is 18.2 Å². The Hall–Kier alpha value is -0.630. The number of nitrogens with one attached hydrogen (secondary N) is 1. The molecule has 0 aromatic heterocycles. The third kappa shape index (κ3) is 5.94. The fourth-order valence-electron chi connectivity index (χ4n) is 1.40. The molecule has 0 aliphatic rings. The molecular weight excluding hydrogens is 327 g/mol. The maximum Gasteiger partial charge on any atom is 0.573 e. The molecule has 0 saturated carbocycles. The van der Waals surface area contributed by atoms with E-state index in [9.17, 15) is 17.7 Å². The zero-order chi connectivity index (χ0) is 16.4. The van der Waals surface area contributed by atoms with Crippen LogP contribution in [0.4, 0.5) is 13.2 Å². The van der Waals surface area contributed by atoms with Crippen molar-refractivity contribution in [2.75, 3.05) is 0 Å². The van der Waals surface area contributed by atoms with Gasteiger partial charge in [-0.25, -0.2) is 0 Å². The predicted molar refractivity (Wildman–Crippen MR) is 77.6 cm³/mol. The zero-order valence-electron chi connectivity index (χ0n) is 12.0. The predicted octanol–water partition coefficient (Wildman–Crippen LogP) is 4.35. The summed E-state index contributed by atoms with van der Waals surface area (Å²) in [5, 5.41) is -0.153. The van der Waals surface area contributed by atoms with Gasteiger partial charge in [-0.15, -0.1) is 17.9 Å². The molecule has 0 radical (unpaired) electrons. The molecule has 8 heteroatoms. The smallest absolute Gasteiger partial charge is 0.573 e. The SMILES string of the molecule is C[C@@H](N[S@+]([O-])C(C)(C)C)c1ccc(OC(F)(F)F)c(Cl)c1. The van der Waals surface area contributed by atoms with Gasteiger partial charge in [0.15, 0.2) is 0 Å². The van der Waals surface area contributed by atoms with Crippen molar-refractivity contribution in [2.24, 2.45) is 0 Å². The Morgan fingerprint density at radius 1 is 1.29 bits per heavy atom. The van der Waals surface area contributed by atoms with Crippen LogP contribution in [0.3, 0.4) is 0 Å². The van der Waals surface area contributed by atoms with E-state index in [1.807, 2.05) is 20.8 Å². The van der Waals surface area contributed by atoms with Gasteiger partial charge in [0.05, 0.1) is 11.1 Å². The third-order valence-electron chi connectivity index (χ3n) is 2.52. The second-order valence-corrected chi connectivity index (χ2v) is 7.86. The molecule has 1 rings (SSSR count). The van der Waals surface area contributed by atoms with Crippen molar-refractivity contribution in [3.05, 3.63) is 28.8 Å². The first-order valence-electron chi connectivity index (χ1n) is 6.13. The van der Waals surface area contributed by atoms with Crippen LogP contribution < -0.4 is 9.46 Å². The van der Waals surface area contributed by atoms with Gasteiger partial charge in [0.2, 0.25) is 0 Å². The molecule has 21 heavy (non-hydrogen) atoms. The number of ether oxygens (including phenoxy) is 1. The second-order valence-electron chi connectivity index (χ2n) is 5.46. The number of hydrogen-bond acceptors (Lipinski definition) is 3. The molecule has 0 fully saturated rings. The Morgan fingerprint density at radius 2 is 1.86 bits per heavy atom. The lowest BCUT2D eigenvalue weighted by atomic mass is 10.1. The van der Waals surface area contributed by atoms with Gasteiger partial charge >= 0.3 is 6.36 Å². The minimum Gasteiger partial charge on any atom is -0.598 e. The fourth-order valence-corrected chi connectivity index (χ4v) is 2.44. The highest BCUT2D eigenvalue weighted by atomic mass is 35.5. The van der Waals surface area contributed by atoms with Crippen molar-refractivity contribution in [1.82, 2.24) is 4.72 Å². The number of hydrogen-bond donors (Lipinski definition) is 1. The quantitative estimate of drug-likeness (QED) is 0.826. The largest absolute Gasteiger partial charge is 0.598 e. The summed E-state index contributed by atoms with van der Waals surface area (Å²) in [6, 6.07) is 3.62. The zero-order valence-corrected chi connectivity index (χ0v) is 13.6. The summed E-state index contributed by atoms with van der Waals surface area (Å²) in [6.07, 6.45) is -4.79. The molecule has 1 aromatic carbocycles. The van der Waals surface area contributed by atoms with E-state index < -0.39 is 28.2 Å². The van der Waals surface area contributed by atoms with Gasteiger partial charge in [-0.2, -0.15) is 0 Å². The molecule has 0 heterocycles. The summed E-state index contributed by atoms with van der Waals surface area (Å²) >= 11 is 4.48. The lowest BCUT2D eigenvalue weighted by molar-refractivity contribution is -0.274. The molecule has 3 nitrogen and oxygen atoms in total. The van der Waals surface area contributed by atoms with Crippen molar-refractivity contribution in [3.63, 3.8) is 0 Å². The maximum atomic E-state index is 12.2.